The summed E-state index contributed by atoms with van der Waals surface area (Å²) in [6, 6.07) is 10.9. The molecule has 0 aromatic heterocycles. The molecule has 0 bridgehead atoms. The molecule has 6 heteroatoms. The van der Waals surface area contributed by atoms with Gasteiger partial charge in [-0.2, -0.15) is 0 Å². The van der Waals surface area contributed by atoms with E-state index in [1.54, 1.807) is 12.1 Å². The number of phenolic OH excluding ortho intramolecular Hbond substituents is 1. The van der Waals surface area contributed by atoms with Crippen LogP contribution in [0.3, 0.4) is 0 Å². The van der Waals surface area contributed by atoms with Crippen LogP contribution in [0.5, 0.6) is 17.2 Å². The quantitative estimate of drug-likeness (QED) is 0.435. The first-order chi connectivity index (χ1) is 15.4. The Bertz CT molecular complexity index is 934. The summed E-state index contributed by atoms with van der Waals surface area (Å²) < 4.78 is 17.2. The van der Waals surface area contributed by atoms with E-state index in [9.17, 15) is 14.7 Å². The third kappa shape index (κ3) is 6.02. The van der Waals surface area contributed by atoms with Gasteiger partial charge in [-0.1, -0.05) is 25.5 Å². The van der Waals surface area contributed by atoms with Gasteiger partial charge in [0.2, 0.25) is 0 Å². The third-order valence-corrected chi connectivity index (χ3v) is 5.79. The monoisotopic (exact) mass is 440 g/mol. The number of ether oxygens (including phenoxy) is 3. The number of benzene rings is 2. The van der Waals surface area contributed by atoms with Gasteiger partial charge in [-0.25, -0.2) is 0 Å². The highest BCUT2D eigenvalue weighted by Crippen LogP contribution is 2.35. The lowest BCUT2D eigenvalue weighted by Gasteiger charge is -2.31. The smallest absolute Gasteiger partial charge is 0.309 e. The molecule has 32 heavy (non-hydrogen) atoms. The van der Waals surface area contributed by atoms with E-state index in [0.717, 1.165) is 43.4 Å². The Morgan fingerprint density at radius 3 is 2.34 bits per heavy atom. The largest absolute Gasteiger partial charge is 0.507 e. The van der Waals surface area contributed by atoms with Crippen molar-refractivity contribution >= 4 is 11.8 Å². The van der Waals surface area contributed by atoms with Gasteiger partial charge in [0.25, 0.3) is 0 Å². The maximum absolute atomic E-state index is 11.8. The van der Waals surface area contributed by atoms with Crippen molar-refractivity contribution in [2.24, 2.45) is 0 Å². The van der Waals surface area contributed by atoms with Crippen LogP contribution < -0.4 is 9.47 Å². The van der Waals surface area contributed by atoms with Crippen LogP contribution in [0.15, 0.2) is 36.4 Å². The van der Waals surface area contributed by atoms with Gasteiger partial charge in [-0.3, -0.25) is 9.59 Å². The molecular formula is C26H32O6. The number of carbonyl (C=O) groups is 2. The molecule has 0 radical (unpaired) electrons. The van der Waals surface area contributed by atoms with Crippen molar-refractivity contribution in [1.29, 1.82) is 0 Å². The molecule has 0 spiro atoms. The van der Waals surface area contributed by atoms with Gasteiger partial charge in [-0.15, -0.1) is 0 Å². The first-order valence-corrected chi connectivity index (χ1v) is 11.3. The standard InChI is InChI=1S/C26H32O6/c1-4-6-23-24(14-13-22(17(2)27)26(23)29)32-21-8-5-7-20(16-21)31-19-11-9-18(10-12-19)15-25(28)30-3/h9-14,20-21,29H,4-8,15-16H2,1-3H3/t20-,21-/m0/s1. The highest BCUT2D eigenvalue weighted by molar-refractivity contribution is 5.97. The number of esters is 1. The Balaban J connectivity index is 1.64. The molecule has 0 saturated heterocycles. The highest BCUT2D eigenvalue weighted by atomic mass is 16.5. The predicted molar refractivity (Wildman–Crippen MR) is 122 cm³/mol. The SMILES string of the molecule is CCCc1c(O[C@H]2CCC[C@H](Oc3ccc(CC(=O)OC)cc3)C2)ccc(C(C)=O)c1O. The molecule has 1 N–H and O–H groups in total. The molecule has 1 aliphatic carbocycles. The van der Waals surface area contributed by atoms with E-state index in [2.05, 4.69) is 0 Å². The summed E-state index contributed by atoms with van der Waals surface area (Å²) in [6.07, 6.45) is 5.32. The van der Waals surface area contributed by atoms with Gasteiger partial charge >= 0.3 is 5.97 Å². The number of hydrogen-bond acceptors (Lipinski definition) is 6. The first kappa shape index (κ1) is 23.6. The lowest BCUT2D eigenvalue weighted by atomic mass is 9.94. The molecule has 2 aromatic rings. The maximum Gasteiger partial charge on any atom is 0.309 e. The maximum atomic E-state index is 11.8. The van der Waals surface area contributed by atoms with Crippen LogP contribution in [0.25, 0.3) is 0 Å². The van der Waals surface area contributed by atoms with Crippen LogP contribution in [0.4, 0.5) is 0 Å². The van der Waals surface area contributed by atoms with E-state index in [4.69, 9.17) is 14.2 Å². The van der Waals surface area contributed by atoms with Crippen LogP contribution in [0.1, 0.15) is 67.4 Å². The molecule has 0 aliphatic heterocycles. The molecular weight excluding hydrogens is 408 g/mol. The van der Waals surface area contributed by atoms with E-state index in [1.165, 1.54) is 14.0 Å². The molecule has 1 aliphatic rings. The molecule has 0 amide bonds. The second-order valence-electron chi connectivity index (χ2n) is 8.29. The Hall–Kier alpha value is -3.02. The first-order valence-electron chi connectivity index (χ1n) is 11.3. The van der Waals surface area contributed by atoms with Crippen molar-refractivity contribution in [3.05, 3.63) is 53.1 Å². The Morgan fingerprint density at radius 1 is 1.03 bits per heavy atom. The summed E-state index contributed by atoms with van der Waals surface area (Å²) >= 11 is 0. The van der Waals surface area contributed by atoms with Gasteiger partial charge in [0.1, 0.15) is 29.5 Å². The topological polar surface area (TPSA) is 82.1 Å². The zero-order valence-corrected chi connectivity index (χ0v) is 19.1. The van der Waals surface area contributed by atoms with E-state index in [1.807, 2.05) is 31.2 Å². The molecule has 0 unspecified atom stereocenters. The minimum absolute atomic E-state index is 0.0227. The molecule has 0 heterocycles. The summed E-state index contributed by atoms with van der Waals surface area (Å²) in [4.78, 5) is 23.2. The van der Waals surface area contributed by atoms with Crippen LogP contribution >= 0.6 is 0 Å². The zero-order valence-electron chi connectivity index (χ0n) is 19.1. The fourth-order valence-electron chi connectivity index (χ4n) is 4.12. The number of phenols is 1. The fourth-order valence-corrected chi connectivity index (χ4v) is 4.12. The molecule has 3 rings (SSSR count). The normalized spacial score (nSPS) is 18.1. The lowest BCUT2D eigenvalue weighted by molar-refractivity contribution is -0.139. The Kier molecular flexibility index (Phi) is 8.14. The van der Waals surface area contributed by atoms with Gasteiger partial charge in [0, 0.05) is 12.0 Å². The predicted octanol–water partition coefficient (Wildman–Crippen LogP) is 5.03. The van der Waals surface area contributed by atoms with Crippen molar-refractivity contribution < 1.29 is 28.9 Å². The van der Waals surface area contributed by atoms with E-state index < -0.39 is 0 Å². The minimum atomic E-state index is -0.268. The summed E-state index contributed by atoms with van der Waals surface area (Å²) in [5, 5.41) is 10.6. The average molecular weight is 441 g/mol. The van der Waals surface area contributed by atoms with E-state index in [0.29, 0.717) is 23.3 Å². The molecule has 2 atom stereocenters. The van der Waals surface area contributed by atoms with Crippen molar-refractivity contribution in [2.45, 2.75) is 71.0 Å². The summed E-state index contributed by atoms with van der Waals surface area (Å²) in [7, 11) is 1.38. The number of carbonyl (C=O) groups excluding carboxylic acids is 2. The van der Waals surface area contributed by atoms with Crippen LogP contribution in [0, 0.1) is 0 Å². The third-order valence-electron chi connectivity index (χ3n) is 5.79. The minimum Gasteiger partial charge on any atom is -0.507 e. The second-order valence-corrected chi connectivity index (χ2v) is 8.29. The van der Waals surface area contributed by atoms with Crippen molar-refractivity contribution in [3.63, 3.8) is 0 Å². The molecule has 1 saturated carbocycles. The van der Waals surface area contributed by atoms with Gasteiger partial charge < -0.3 is 19.3 Å². The summed E-state index contributed by atoms with van der Waals surface area (Å²) in [5.74, 6) is 1.02. The fraction of sp³-hybridized carbons (Fsp3) is 0.462. The number of aromatic hydroxyl groups is 1. The van der Waals surface area contributed by atoms with Crippen LogP contribution in [0.2, 0.25) is 0 Å². The van der Waals surface area contributed by atoms with Crippen LogP contribution in [-0.2, 0) is 22.4 Å². The van der Waals surface area contributed by atoms with Gasteiger partial charge in [0.05, 0.1) is 19.1 Å². The van der Waals surface area contributed by atoms with Crippen molar-refractivity contribution in [3.8, 4) is 17.2 Å². The van der Waals surface area contributed by atoms with Gasteiger partial charge in [-0.05, 0) is 62.4 Å². The lowest BCUT2D eigenvalue weighted by Crippen LogP contribution is -2.32. The average Bonchev–Trinajstić information content (AvgIpc) is 2.77. The number of hydrogen-bond donors (Lipinski definition) is 1. The second kappa shape index (κ2) is 11.0. The molecule has 2 aromatic carbocycles. The highest BCUT2D eigenvalue weighted by Gasteiger charge is 2.26. The number of Topliss-reactive ketones (excluding diaryl/α,β-unsaturated/α-hetero) is 1. The van der Waals surface area contributed by atoms with E-state index >= 15 is 0 Å². The van der Waals surface area contributed by atoms with Crippen molar-refractivity contribution in [1.82, 2.24) is 0 Å². The van der Waals surface area contributed by atoms with Crippen LogP contribution in [-0.4, -0.2) is 36.2 Å². The molecule has 172 valence electrons. The van der Waals surface area contributed by atoms with Crippen molar-refractivity contribution in [2.75, 3.05) is 7.11 Å². The van der Waals surface area contributed by atoms with Gasteiger partial charge in [0.15, 0.2) is 5.78 Å². The number of rotatable bonds is 9. The van der Waals surface area contributed by atoms with E-state index in [-0.39, 0.29) is 36.1 Å². The Labute approximate surface area is 189 Å². The number of methoxy groups -OCH3 is 1. The summed E-state index contributed by atoms with van der Waals surface area (Å²) in [5.41, 5.74) is 1.91. The molecule has 1 fully saturated rings. The zero-order chi connectivity index (χ0) is 23.1. The molecule has 6 nitrogen and oxygen atoms in total. The summed E-state index contributed by atoms with van der Waals surface area (Å²) in [6.45, 7) is 3.49. The number of ketones is 1. The Morgan fingerprint density at radius 2 is 1.72 bits per heavy atom.